The Morgan fingerprint density at radius 1 is 1.42 bits per heavy atom. The predicted molar refractivity (Wildman–Crippen MR) is 103 cm³/mol. The quantitative estimate of drug-likeness (QED) is 0.714. The fourth-order valence-electron chi connectivity index (χ4n) is 3.60. The fraction of sp³-hybridized carbons (Fsp3) is 0.316. The molecule has 162 valence electrons. The van der Waals surface area contributed by atoms with Gasteiger partial charge in [-0.1, -0.05) is 0 Å². The zero-order chi connectivity index (χ0) is 22.2. The van der Waals surface area contributed by atoms with Gasteiger partial charge in [0.25, 0.3) is 5.91 Å². The molecule has 1 saturated heterocycles. The van der Waals surface area contributed by atoms with Crippen LogP contribution >= 0.6 is 0 Å². The molecule has 10 nitrogen and oxygen atoms in total. The van der Waals surface area contributed by atoms with Crippen molar-refractivity contribution < 1.29 is 27.8 Å². The number of benzene rings is 1. The molecule has 2 aromatic rings. The standard InChI is InChI=1S/C19H18F2N6O4/c1-27-17(29)12-7-30-8-19(12,26-18(27)22)11-4-10(2-3-13(11)21)25-16(28)14-5-24-15(6-23-14)31-9-20/h2-6,12H,7-9H2,1H3,(H2,22,26)(H,25,28). The maximum atomic E-state index is 14.8. The fourth-order valence-corrected chi connectivity index (χ4v) is 3.60. The van der Waals surface area contributed by atoms with Crippen molar-refractivity contribution in [2.45, 2.75) is 5.54 Å². The Balaban J connectivity index is 1.65. The van der Waals surface area contributed by atoms with Crippen LogP contribution in [0.2, 0.25) is 0 Å². The van der Waals surface area contributed by atoms with Gasteiger partial charge in [-0.2, -0.15) is 0 Å². The number of nitrogens with zero attached hydrogens (tertiary/aromatic N) is 4. The third-order valence-corrected chi connectivity index (χ3v) is 5.22. The molecule has 3 N–H and O–H groups in total. The highest BCUT2D eigenvalue weighted by atomic mass is 19.1. The van der Waals surface area contributed by atoms with Gasteiger partial charge >= 0.3 is 0 Å². The highest BCUT2D eigenvalue weighted by molar-refractivity contribution is 6.03. The largest absolute Gasteiger partial charge is 0.445 e. The number of rotatable bonds is 5. The summed E-state index contributed by atoms with van der Waals surface area (Å²) in [6, 6.07) is 3.90. The molecule has 0 spiro atoms. The first kappa shape index (κ1) is 20.6. The van der Waals surface area contributed by atoms with E-state index in [1.165, 1.54) is 24.1 Å². The highest BCUT2D eigenvalue weighted by Gasteiger charge is 2.54. The first-order valence-electron chi connectivity index (χ1n) is 9.18. The average Bonchev–Trinajstić information content (AvgIpc) is 3.19. The van der Waals surface area contributed by atoms with Crippen molar-refractivity contribution in [3.8, 4) is 5.88 Å². The Morgan fingerprint density at radius 2 is 2.23 bits per heavy atom. The summed E-state index contributed by atoms with van der Waals surface area (Å²) in [7, 11) is 1.49. The van der Waals surface area contributed by atoms with Crippen LogP contribution in [0, 0.1) is 11.7 Å². The minimum atomic E-state index is -1.33. The van der Waals surface area contributed by atoms with Crippen molar-refractivity contribution in [2.24, 2.45) is 16.6 Å². The zero-order valence-corrected chi connectivity index (χ0v) is 16.3. The number of nitrogens with one attached hydrogen (secondary N) is 1. The predicted octanol–water partition coefficient (Wildman–Crippen LogP) is 0.802. The minimum absolute atomic E-state index is 0.0340. The van der Waals surface area contributed by atoms with Gasteiger partial charge in [-0.25, -0.2) is 23.7 Å². The molecule has 1 fully saturated rings. The van der Waals surface area contributed by atoms with Gasteiger partial charge in [0.1, 0.15) is 17.1 Å². The number of hydrogen-bond acceptors (Lipinski definition) is 8. The molecule has 3 heterocycles. The van der Waals surface area contributed by atoms with Gasteiger partial charge in [0, 0.05) is 18.3 Å². The van der Waals surface area contributed by atoms with Crippen LogP contribution < -0.4 is 15.8 Å². The first-order valence-corrected chi connectivity index (χ1v) is 9.18. The normalized spacial score (nSPS) is 22.7. The number of aliphatic imine (C=N–C) groups is 1. The van der Waals surface area contributed by atoms with E-state index in [4.69, 9.17) is 10.5 Å². The van der Waals surface area contributed by atoms with Gasteiger partial charge in [0.05, 0.1) is 31.5 Å². The van der Waals surface area contributed by atoms with E-state index in [1.807, 2.05) is 0 Å². The molecular formula is C19H18F2N6O4. The van der Waals surface area contributed by atoms with Crippen molar-refractivity contribution in [1.29, 1.82) is 0 Å². The average molecular weight is 432 g/mol. The molecular weight excluding hydrogens is 414 g/mol. The molecule has 2 atom stereocenters. The van der Waals surface area contributed by atoms with E-state index in [2.05, 4.69) is 25.0 Å². The molecule has 0 saturated carbocycles. The molecule has 0 radical (unpaired) electrons. The maximum absolute atomic E-state index is 14.8. The summed E-state index contributed by atoms with van der Waals surface area (Å²) in [5.74, 6) is -2.45. The lowest BCUT2D eigenvalue weighted by Gasteiger charge is -2.37. The third kappa shape index (κ3) is 3.54. The molecule has 2 aliphatic heterocycles. The number of carbonyl (C=O) groups excluding carboxylic acids is 2. The number of anilines is 1. The van der Waals surface area contributed by atoms with Crippen LogP contribution in [0.25, 0.3) is 0 Å². The van der Waals surface area contributed by atoms with E-state index in [-0.39, 0.29) is 47.9 Å². The van der Waals surface area contributed by atoms with Crippen LogP contribution in [0.3, 0.4) is 0 Å². The molecule has 0 aliphatic carbocycles. The van der Waals surface area contributed by atoms with Gasteiger partial charge in [0.15, 0.2) is 5.96 Å². The summed E-state index contributed by atoms with van der Waals surface area (Å²) in [5, 5.41) is 2.59. The van der Waals surface area contributed by atoms with E-state index >= 15 is 0 Å². The van der Waals surface area contributed by atoms with Gasteiger partial charge in [-0.05, 0) is 18.2 Å². The Morgan fingerprint density at radius 3 is 2.94 bits per heavy atom. The summed E-state index contributed by atoms with van der Waals surface area (Å²) in [6.45, 7) is -1.04. The second kappa shape index (κ2) is 7.87. The number of carbonyl (C=O) groups is 2. The Hall–Kier alpha value is -3.67. The molecule has 2 unspecified atom stereocenters. The first-order chi connectivity index (χ1) is 14.9. The number of nitrogens with two attached hydrogens (primary N) is 1. The summed E-state index contributed by atoms with van der Waals surface area (Å²) >= 11 is 0. The smallest absolute Gasteiger partial charge is 0.275 e. The number of halogens is 2. The van der Waals surface area contributed by atoms with E-state index in [1.54, 1.807) is 0 Å². The van der Waals surface area contributed by atoms with Gasteiger partial charge < -0.3 is 20.5 Å². The van der Waals surface area contributed by atoms with E-state index < -0.39 is 30.0 Å². The molecule has 31 heavy (non-hydrogen) atoms. The number of fused-ring (bicyclic) bond motifs is 1. The number of alkyl halides is 1. The van der Waals surface area contributed by atoms with Crippen molar-refractivity contribution in [3.63, 3.8) is 0 Å². The van der Waals surface area contributed by atoms with Crippen LogP contribution in [0.1, 0.15) is 16.1 Å². The number of ether oxygens (including phenoxy) is 2. The van der Waals surface area contributed by atoms with Crippen LogP contribution in [0.5, 0.6) is 5.88 Å². The lowest BCUT2D eigenvalue weighted by atomic mass is 9.78. The monoisotopic (exact) mass is 432 g/mol. The summed E-state index contributed by atoms with van der Waals surface area (Å²) in [4.78, 5) is 38.4. The minimum Gasteiger partial charge on any atom is -0.445 e. The SMILES string of the molecule is CN1C(=O)C2COCC2(c2cc(NC(=O)c3cnc(OCF)cn3)ccc2F)N=C1N. The van der Waals surface area contributed by atoms with E-state index in [9.17, 15) is 18.4 Å². The highest BCUT2D eigenvalue weighted by Crippen LogP contribution is 2.44. The zero-order valence-electron chi connectivity index (χ0n) is 16.3. The van der Waals surface area contributed by atoms with Crippen molar-refractivity contribution in [3.05, 3.63) is 47.7 Å². The van der Waals surface area contributed by atoms with E-state index in [0.29, 0.717) is 0 Å². The van der Waals surface area contributed by atoms with Crippen molar-refractivity contribution in [2.75, 3.05) is 32.4 Å². The molecule has 1 aromatic carbocycles. The second-order valence-electron chi connectivity index (χ2n) is 7.00. The second-order valence-corrected chi connectivity index (χ2v) is 7.00. The van der Waals surface area contributed by atoms with Crippen molar-refractivity contribution >= 4 is 23.5 Å². The molecule has 4 rings (SSSR count). The van der Waals surface area contributed by atoms with Crippen LogP contribution in [-0.2, 0) is 15.1 Å². The topological polar surface area (TPSA) is 132 Å². The number of aromatic nitrogens is 2. The number of amides is 2. The molecule has 2 aliphatic rings. The number of guanidine groups is 1. The van der Waals surface area contributed by atoms with Crippen LogP contribution in [-0.4, -0.2) is 59.8 Å². The van der Waals surface area contributed by atoms with E-state index in [0.717, 1.165) is 18.5 Å². The van der Waals surface area contributed by atoms with Crippen LogP contribution in [0.15, 0.2) is 35.6 Å². The number of hydrogen-bond donors (Lipinski definition) is 2. The summed E-state index contributed by atoms with van der Waals surface area (Å²) < 4.78 is 37.0. The Bertz CT molecular complexity index is 1060. The molecule has 12 heteroatoms. The van der Waals surface area contributed by atoms with Gasteiger partial charge in [0.2, 0.25) is 18.6 Å². The van der Waals surface area contributed by atoms with Crippen LogP contribution in [0.4, 0.5) is 14.5 Å². The van der Waals surface area contributed by atoms with Crippen molar-refractivity contribution in [1.82, 2.24) is 14.9 Å². The van der Waals surface area contributed by atoms with Gasteiger partial charge in [-0.3, -0.25) is 14.5 Å². The summed E-state index contributed by atoms with van der Waals surface area (Å²) in [5.41, 5.74) is 4.82. The molecule has 0 bridgehead atoms. The Kier molecular flexibility index (Phi) is 5.23. The van der Waals surface area contributed by atoms with Gasteiger partial charge in [-0.15, -0.1) is 0 Å². The molecule has 1 aromatic heterocycles. The lowest BCUT2D eigenvalue weighted by Crippen LogP contribution is -2.54. The lowest BCUT2D eigenvalue weighted by molar-refractivity contribution is -0.133. The third-order valence-electron chi connectivity index (χ3n) is 5.22. The maximum Gasteiger partial charge on any atom is 0.275 e. The molecule has 2 amide bonds. The summed E-state index contributed by atoms with van der Waals surface area (Å²) in [6.07, 6.45) is 2.22. The Labute approximate surface area is 175 Å².